The molecule has 1 aliphatic heterocycles. The molecule has 0 bridgehead atoms. The van der Waals surface area contributed by atoms with Crippen molar-refractivity contribution in [2.24, 2.45) is 0 Å². The zero-order valence-electron chi connectivity index (χ0n) is 16.6. The fourth-order valence-electron chi connectivity index (χ4n) is 3.53. The number of piperazine rings is 1. The minimum absolute atomic E-state index is 0. The van der Waals surface area contributed by atoms with Crippen molar-refractivity contribution in [2.75, 3.05) is 19.7 Å². The highest BCUT2D eigenvalue weighted by molar-refractivity contribution is 5.85. The van der Waals surface area contributed by atoms with Crippen molar-refractivity contribution in [1.29, 1.82) is 0 Å². The number of nitrogens with zero attached hydrogens (tertiary/aromatic N) is 2. The first kappa shape index (κ1) is 22.2. The summed E-state index contributed by atoms with van der Waals surface area (Å²) < 4.78 is 18.8. The van der Waals surface area contributed by atoms with E-state index in [-0.39, 0.29) is 42.8 Å². The maximum absolute atomic E-state index is 13.1. The van der Waals surface area contributed by atoms with Crippen molar-refractivity contribution >= 4 is 18.3 Å². The van der Waals surface area contributed by atoms with Crippen LogP contribution in [0.4, 0.5) is 4.39 Å². The molecule has 0 N–H and O–H groups in total. The van der Waals surface area contributed by atoms with Gasteiger partial charge in [-0.25, -0.2) is 4.39 Å². The molecule has 0 saturated carbocycles. The summed E-state index contributed by atoms with van der Waals surface area (Å²) >= 11 is 0. The van der Waals surface area contributed by atoms with Crippen molar-refractivity contribution in [3.8, 4) is 5.75 Å². The summed E-state index contributed by atoms with van der Waals surface area (Å²) in [6.45, 7) is 8.42. The van der Waals surface area contributed by atoms with Gasteiger partial charge in [-0.15, -0.1) is 12.4 Å². The van der Waals surface area contributed by atoms with Gasteiger partial charge in [-0.1, -0.05) is 30.3 Å². The molecule has 1 amide bonds. The van der Waals surface area contributed by atoms with E-state index in [0.29, 0.717) is 6.54 Å². The van der Waals surface area contributed by atoms with E-state index in [1.54, 1.807) is 0 Å². The molecule has 4 nitrogen and oxygen atoms in total. The van der Waals surface area contributed by atoms with Crippen LogP contribution in [0.1, 0.15) is 25.0 Å². The summed E-state index contributed by atoms with van der Waals surface area (Å²) in [5, 5.41) is 0. The molecule has 1 fully saturated rings. The highest BCUT2D eigenvalue weighted by atomic mass is 35.5. The Morgan fingerprint density at radius 2 is 1.75 bits per heavy atom. The number of hydrogen-bond acceptors (Lipinski definition) is 3. The van der Waals surface area contributed by atoms with E-state index in [1.807, 2.05) is 48.2 Å². The minimum Gasteiger partial charge on any atom is -0.484 e. The monoisotopic (exact) mass is 406 g/mol. The van der Waals surface area contributed by atoms with Gasteiger partial charge >= 0.3 is 0 Å². The Labute approximate surface area is 172 Å². The van der Waals surface area contributed by atoms with Crippen LogP contribution in [-0.4, -0.2) is 47.5 Å². The van der Waals surface area contributed by atoms with Crippen LogP contribution >= 0.6 is 12.4 Å². The van der Waals surface area contributed by atoms with Crippen molar-refractivity contribution < 1.29 is 13.9 Å². The maximum atomic E-state index is 13.1. The number of carbonyl (C=O) groups excluding carboxylic acids is 1. The second-order valence-electron chi connectivity index (χ2n) is 7.35. The molecule has 0 spiro atoms. The van der Waals surface area contributed by atoms with Gasteiger partial charge in [0.1, 0.15) is 11.6 Å². The molecule has 1 heterocycles. The zero-order valence-corrected chi connectivity index (χ0v) is 17.4. The van der Waals surface area contributed by atoms with Gasteiger partial charge in [0.05, 0.1) is 0 Å². The van der Waals surface area contributed by atoms with Crippen LogP contribution in [0, 0.1) is 12.7 Å². The third-order valence-corrected chi connectivity index (χ3v) is 5.18. The SMILES string of the molecule is Cc1ccccc1OCC(=O)N1C[C@@H](C)N(Cc2ccc(F)cc2)C[C@@H]1C.Cl. The smallest absolute Gasteiger partial charge is 0.260 e. The third-order valence-electron chi connectivity index (χ3n) is 5.18. The lowest BCUT2D eigenvalue weighted by Crippen LogP contribution is -2.58. The predicted molar refractivity (Wildman–Crippen MR) is 111 cm³/mol. The molecule has 28 heavy (non-hydrogen) atoms. The molecule has 1 aliphatic rings. The van der Waals surface area contributed by atoms with Gasteiger partial charge in [0.2, 0.25) is 0 Å². The van der Waals surface area contributed by atoms with E-state index in [9.17, 15) is 9.18 Å². The second kappa shape index (κ2) is 9.89. The lowest BCUT2D eigenvalue weighted by Gasteiger charge is -2.44. The molecule has 2 aromatic rings. The van der Waals surface area contributed by atoms with Gasteiger partial charge < -0.3 is 9.64 Å². The molecular weight excluding hydrogens is 379 g/mol. The third kappa shape index (κ3) is 5.46. The number of ether oxygens (including phenoxy) is 1. The van der Waals surface area contributed by atoms with Gasteiger partial charge in [-0.2, -0.15) is 0 Å². The first-order valence-electron chi connectivity index (χ1n) is 9.40. The van der Waals surface area contributed by atoms with Gasteiger partial charge in [-0.3, -0.25) is 9.69 Å². The van der Waals surface area contributed by atoms with Crippen LogP contribution in [0.2, 0.25) is 0 Å². The minimum atomic E-state index is -0.218. The number of carbonyl (C=O) groups is 1. The van der Waals surface area contributed by atoms with E-state index in [0.717, 1.165) is 30.0 Å². The number of para-hydroxylation sites is 1. The number of aryl methyl sites for hydroxylation is 1. The predicted octanol–water partition coefficient (Wildman–Crippen LogP) is 4.06. The molecule has 2 aromatic carbocycles. The Morgan fingerprint density at radius 1 is 1.07 bits per heavy atom. The van der Waals surface area contributed by atoms with E-state index >= 15 is 0 Å². The van der Waals surface area contributed by atoms with E-state index in [1.165, 1.54) is 12.1 Å². The Balaban J connectivity index is 0.00000280. The zero-order chi connectivity index (χ0) is 19.4. The number of benzene rings is 2. The molecule has 0 unspecified atom stereocenters. The number of halogens is 2. The molecular formula is C22H28ClFN2O2. The van der Waals surface area contributed by atoms with Gasteiger partial charge in [0.25, 0.3) is 5.91 Å². The molecule has 6 heteroatoms. The van der Waals surface area contributed by atoms with Crippen LogP contribution in [-0.2, 0) is 11.3 Å². The van der Waals surface area contributed by atoms with Crippen molar-refractivity contribution in [2.45, 2.75) is 39.4 Å². The van der Waals surface area contributed by atoms with Crippen LogP contribution in [0.15, 0.2) is 48.5 Å². The topological polar surface area (TPSA) is 32.8 Å². The van der Waals surface area contributed by atoms with Gasteiger partial charge in [0.15, 0.2) is 6.61 Å². The van der Waals surface area contributed by atoms with E-state index in [4.69, 9.17) is 4.74 Å². The Hall–Kier alpha value is -2.11. The molecule has 1 saturated heterocycles. The highest BCUT2D eigenvalue weighted by Crippen LogP contribution is 2.20. The van der Waals surface area contributed by atoms with Crippen LogP contribution in [0.3, 0.4) is 0 Å². The summed E-state index contributed by atoms with van der Waals surface area (Å²) in [7, 11) is 0. The molecule has 2 atom stereocenters. The first-order chi connectivity index (χ1) is 12.9. The number of hydrogen-bond donors (Lipinski definition) is 0. The van der Waals surface area contributed by atoms with Crippen LogP contribution in [0.25, 0.3) is 0 Å². The Kier molecular flexibility index (Phi) is 7.84. The van der Waals surface area contributed by atoms with Gasteiger partial charge in [0, 0.05) is 31.7 Å². The summed E-state index contributed by atoms with van der Waals surface area (Å²) in [6, 6.07) is 14.7. The lowest BCUT2D eigenvalue weighted by atomic mass is 10.1. The average Bonchev–Trinajstić information content (AvgIpc) is 2.65. The Morgan fingerprint density at radius 3 is 2.43 bits per heavy atom. The number of rotatable bonds is 5. The fraction of sp³-hybridized carbons (Fsp3) is 0.409. The fourth-order valence-corrected chi connectivity index (χ4v) is 3.53. The first-order valence-corrected chi connectivity index (χ1v) is 9.40. The van der Waals surface area contributed by atoms with Gasteiger partial charge in [-0.05, 0) is 50.1 Å². The largest absolute Gasteiger partial charge is 0.484 e. The van der Waals surface area contributed by atoms with Crippen LogP contribution < -0.4 is 4.74 Å². The summed E-state index contributed by atoms with van der Waals surface area (Å²) in [5.74, 6) is 0.546. The van der Waals surface area contributed by atoms with E-state index in [2.05, 4.69) is 18.7 Å². The van der Waals surface area contributed by atoms with E-state index < -0.39 is 0 Å². The molecule has 152 valence electrons. The summed E-state index contributed by atoms with van der Waals surface area (Å²) in [6.07, 6.45) is 0. The van der Waals surface area contributed by atoms with Crippen LogP contribution in [0.5, 0.6) is 5.75 Å². The Bertz CT molecular complexity index is 784. The standard InChI is InChI=1S/C22H27FN2O2.ClH/c1-16-6-4-5-7-21(16)27-15-22(26)25-13-17(2)24(12-18(25)3)14-19-8-10-20(23)11-9-19;/h4-11,17-18H,12-15H2,1-3H3;1H/t17-,18+;/m1./s1. The quantitative estimate of drug-likeness (QED) is 0.750. The van der Waals surface area contributed by atoms with Crippen molar-refractivity contribution in [3.63, 3.8) is 0 Å². The highest BCUT2D eigenvalue weighted by Gasteiger charge is 2.32. The number of amides is 1. The molecule has 0 radical (unpaired) electrons. The maximum Gasteiger partial charge on any atom is 0.260 e. The molecule has 0 aromatic heterocycles. The molecule has 3 rings (SSSR count). The second-order valence-corrected chi connectivity index (χ2v) is 7.35. The van der Waals surface area contributed by atoms with Crippen molar-refractivity contribution in [1.82, 2.24) is 9.80 Å². The molecule has 0 aliphatic carbocycles. The summed E-state index contributed by atoms with van der Waals surface area (Å²) in [5.41, 5.74) is 2.11. The summed E-state index contributed by atoms with van der Waals surface area (Å²) in [4.78, 5) is 16.9. The normalized spacial score (nSPS) is 19.8. The lowest BCUT2D eigenvalue weighted by molar-refractivity contribution is -0.139. The van der Waals surface area contributed by atoms with Crippen molar-refractivity contribution in [3.05, 3.63) is 65.5 Å². The average molecular weight is 407 g/mol.